The number of rotatable bonds is 5. The zero-order valence-electron chi connectivity index (χ0n) is 18.3. The lowest BCUT2D eigenvalue weighted by atomic mass is 10.1. The number of anilines is 1. The highest BCUT2D eigenvalue weighted by atomic mass is 32.2. The average molecular weight is 438 g/mol. The number of aryl methyl sites for hydroxylation is 4. The van der Waals surface area contributed by atoms with E-state index in [4.69, 9.17) is 0 Å². The Labute approximate surface area is 186 Å². The number of nitrogens with zero attached hydrogens (tertiary/aromatic N) is 4. The first kappa shape index (κ1) is 21.4. The van der Waals surface area contributed by atoms with Crippen molar-refractivity contribution >= 4 is 34.9 Å². The van der Waals surface area contributed by atoms with Crippen LogP contribution in [0.4, 0.5) is 5.69 Å². The van der Waals surface area contributed by atoms with Crippen molar-refractivity contribution in [2.45, 2.75) is 46.6 Å². The van der Waals surface area contributed by atoms with Crippen LogP contribution in [-0.2, 0) is 16.0 Å². The Morgan fingerprint density at radius 1 is 1.19 bits per heavy atom. The third-order valence-electron chi connectivity index (χ3n) is 5.67. The third-order valence-corrected chi connectivity index (χ3v) is 6.68. The van der Waals surface area contributed by atoms with Gasteiger partial charge in [0.1, 0.15) is 6.04 Å². The van der Waals surface area contributed by atoms with E-state index >= 15 is 0 Å². The van der Waals surface area contributed by atoms with E-state index in [2.05, 4.69) is 15.4 Å². The van der Waals surface area contributed by atoms with Gasteiger partial charge in [-0.2, -0.15) is 5.10 Å². The van der Waals surface area contributed by atoms with Crippen LogP contribution in [0.15, 0.2) is 30.3 Å². The first-order valence-electron chi connectivity index (χ1n) is 10.4. The van der Waals surface area contributed by atoms with Gasteiger partial charge >= 0.3 is 0 Å². The van der Waals surface area contributed by atoms with Crippen LogP contribution in [0.3, 0.4) is 0 Å². The van der Waals surface area contributed by atoms with Crippen LogP contribution in [0, 0.1) is 27.7 Å². The third kappa shape index (κ3) is 4.44. The number of nitrogens with one attached hydrogen (secondary N) is 1. The first-order valence-corrected chi connectivity index (χ1v) is 11.6. The number of carbonyl (C=O) groups excluding carboxylic acids is 2. The van der Waals surface area contributed by atoms with Gasteiger partial charge in [0.05, 0.1) is 11.6 Å². The van der Waals surface area contributed by atoms with Gasteiger partial charge in [0, 0.05) is 35.3 Å². The second-order valence-electron chi connectivity index (χ2n) is 8.05. The maximum Gasteiger partial charge on any atom is 0.248 e. The van der Waals surface area contributed by atoms with E-state index in [0.717, 1.165) is 39.5 Å². The van der Waals surface area contributed by atoms with Crippen molar-refractivity contribution in [2.75, 3.05) is 16.9 Å². The number of benzene rings is 1. The number of carbonyl (C=O) groups is 2. The molecule has 2 amide bonds. The fraction of sp³-hybridized carbons (Fsp3) is 0.391. The Kier molecular flexibility index (Phi) is 6.00. The molecule has 2 aromatic heterocycles. The van der Waals surface area contributed by atoms with Crippen molar-refractivity contribution in [3.05, 3.63) is 58.5 Å². The summed E-state index contributed by atoms with van der Waals surface area (Å²) in [6.45, 7) is 7.91. The van der Waals surface area contributed by atoms with Crippen LogP contribution in [0.2, 0.25) is 0 Å². The van der Waals surface area contributed by atoms with Gasteiger partial charge in [0.15, 0.2) is 5.65 Å². The SMILES string of the molecule is Cc1cccc(NC(=O)C2CSCN2C(=O)CCc2c(C)nc3cc(C)nn3c2C)c1. The summed E-state index contributed by atoms with van der Waals surface area (Å²) in [5, 5.41) is 7.46. The lowest BCUT2D eigenvalue weighted by Crippen LogP contribution is -2.44. The van der Waals surface area contributed by atoms with Crippen molar-refractivity contribution in [3.63, 3.8) is 0 Å². The summed E-state index contributed by atoms with van der Waals surface area (Å²) >= 11 is 1.61. The fourth-order valence-electron chi connectivity index (χ4n) is 4.03. The molecule has 4 rings (SSSR count). The summed E-state index contributed by atoms with van der Waals surface area (Å²) in [6, 6.07) is 9.19. The van der Waals surface area contributed by atoms with Gasteiger partial charge in [0.25, 0.3) is 0 Å². The predicted octanol–water partition coefficient (Wildman–Crippen LogP) is 3.44. The highest BCUT2D eigenvalue weighted by Crippen LogP contribution is 2.25. The Morgan fingerprint density at radius 3 is 2.77 bits per heavy atom. The van der Waals surface area contributed by atoms with Gasteiger partial charge < -0.3 is 10.2 Å². The minimum Gasteiger partial charge on any atom is -0.324 e. The van der Waals surface area contributed by atoms with E-state index in [0.29, 0.717) is 24.5 Å². The minimum absolute atomic E-state index is 0.00932. The summed E-state index contributed by atoms with van der Waals surface area (Å²) in [6.07, 6.45) is 0.912. The molecule has 1 aliphatic heterocycles. The summed E-state index contributed by atoms with van der Waals surface area (Å²) in [5.41, 5.74) is 6.54. The number of hydrogen-bond acceptors (Lipinski definition) is 5. The molecular formula is C23H27N5O2S. The van der Waals surface area contributed by atoms with Gasteiger partial charge in [-0.1, -0.05) is 12.1 Å². The van der Waals surface area contributed by atoms with E-state index in [9.17, 15) is 9.59 Å². The quantitative estimate of drug-likeness (QED) is 0.662. The second-order valence-corrected chi connectivity index (χ2v) is 9.05. The van der Waals surface area contributed by atoms with Crippen molar-refractivity contribution in [1.29, 1.82) is 0 Å². The second kappa shape index (κ2) is 8.70. The largest absolute Gasteiger partial charge is 0.324 e. The Bertz CT molecular complexity index is 1160. The smallest absolute Gasteiger partial charge is 0.248 e. The van der Waals surface area contributed by atoms with E-state index < -0.39 is 6.04 Å². The zero-order valence-corrected chi connectivity index (χ0v) is 19.1. The molecule has 1 aliphatic rings. The van der Waals surface area contributed by atoms with Crippen LogP contribution in [0.5, 0.6) is 0 Å². The maximum atomic E-state index is 13.0. The molecule has 1 unspecified atom stereocenters. The van der Waals surface area contributed by atoms with Crippen molar-refractivity contribution < 1.29 is 9.59 Å². The predicted molar refractivity (Wildman–Crippen MR) is 123 cm³/mol. The summed E-state index contributed by atoms with van der Waals surface area (Å²) < 4.78 is 1.84. The minimum atomic E-state index is -0.449. The highest BCUT2D eigenvalue weighted by molar-refractivity contribution is 7.99. The summed E-state index contributed by atoms with van der Waals surface area (Å²) in [5.74, 6) is 1.01. The van der Waals surface area contributed by atoms with Crippen molar-refractivity contribution in [2.24, 2.45) is 0 Å². The Hall–Kier alpha value is -2.87. The lowest BCUT2D eigenvalue weighted by molar-refractivity contribution is -0.136. The molecule has 1 fully saturated rings. The fourth-order valence-corrected chi connectivity index (χ4v) is 5.21. The molecule has 1 N–H and O–H groups in total. The lowest BCUT2D eigenvalue weighted by Gasteiger charge is -2.23. The molecule has 3 aromatic rings. The van der Waals surface area contributed by atoms with E-state index in [1.165, 1.54) is 0 Å². The number of aromatic nitrogens is 3. The molecule has 0 radical (unpaired) electrons. The molecule has 1 saturated heterocycles. The van der Waals surface area contributed by atoms with Crippen LogP contribution < -0.4 is 5.32 Å². The van der Waals surface area contributed by atoms with Gasteiger partial charge in [-0.3, -0.25) is 9.59 Å². The van der Waals surface area contributed by atoms with Crippen molar-refractivity contribution in [1.82, 2.24) is 19.5 Å². The average Bonchev–Trinajstić information content (AvgIpc) is 3.34. The Morgan fingerprint density at radius 2 is 2.00 bits per heavy atom. The molecule has 1 aromatic carbocycles. The number of amides is 2. The maximum absolute atomic E-state index is 13.0. The molecule has 7 nitrogen and oxygen atoms in total. The van der Waals surface area contributed by atoms with Crippen LogP contribution in [-0.4, -0.2) is 49.0 Å². The van der Waals surface area contributed by atoms with Crippen LogP contribution in [0.1, 0.15) is 34.6 Å². The summed E-state index contributed by atoms with van der Waals surface area (Å²) in [7, 11) is 0. The Balaban J connectivity index is 1.44. The van der Waals surface area contributed by atoms with Gasteiger partial charge in [0.2, 0.25) is 11.8 Å². The van der Waals surface area contributed by atoms with Crippen LogP contribution in [0.25, 0.3) is 5.65 Å². The first-order chi connectivity index (χ1) is 14.8. The standard InChI is InChI=1S/C23H27N5O2S/c1-14-6-5-7-18(10-14)25-23(30)20-12-31-13-27(20)22(29)9-8-19-16(3)24-21-11-15(2)26-28(21)17(19)4/h5-7,10-11,20H,8-9,12-13H2,1-4H3,(H,25,30). The van der Waals surface area contributed by atoms with Gasteiger partial charge in [-0.15, -0.1) is 11.8 Å². The normalized spacial score (nSPS) is 16.1. The molecule has 0 aliphatic carbocycles. The van der Waals surface area contributed by atoms with Gasteiger partial charge in [-0.05, 0) is 57.4 Å². The number of hydrogen-bond donors (Lipinski definition) is 1. The zero-order chi connectivity index (χ0) is 22.1. The molecule has 0 spiro atoms. The van der Waals surface area contributed by atoms with Gasteiger partial charge in [-0.25, -0.2) is 9.50 Å². The highest BCUT2D eigenvalue weighted by Gasteiger charge is 2.34. The molecule has 3 heterocycles. The summed E-state index contributed by atoms with van der Waals surface area (Å²) in [4.78, 5) is 32.2. The molecular weight excluding hydrogens is 410 g/mol. The number of fused-ring (bicyclic) bond motifs is 1. The molecule has 0 saturated carbocycles. The molecule has 162 valence electrons. The molecule has 8 heteroatoms. The van der Waals surface area contributed by atoms with E-state index in [-0.39, 0.29) is 11.8 Å². The molecule has 0 bridgehead atoms. The molecule has 1 atom stereocenters. The van der Waals surface area contributed by atoms with Crippen LogP contribution >= 0.6 is 11.8 Å². The van der Waals surface area contributed by atoms with Crippen molar-refractivity contribution in [3.8, 4) is 0 Å². The number of thioether (sulfide) groups is 1. The topological polar surface area (TPSA) is 79.6 Å². The molecule has 31 heavy (non-hydrogen) atoms. The monoisotopic (exact) mass is 437 g/mol. The van der Waals surface area contributed by atoms with E-state index in [1.54, 1.807) is 16.7 Å². The van der Waals surface area contributed by atoms with E-state index in [1.807, 2.05) is 62.5 Å².